The molecule has 0 aromatic carbocycles. The summed E-state index contributed by atoms with van der Waals surface area (Å²) in [5.74, 6) is -4.42. The van der Waals surface area contributed by atoms with E-state index in [9.17, 15) is 30.0 Å². The molecule has 4 fully saturated rings. The van der Waals surface area contributed by atoms with Gasteiger partial charge in [-0.3, -0.25) is 14.5 Å². The van der Waals surface area contributed by atoms with Crippen LogP contribution in [-0.2, 0) is 42.7 Å². The molecule has 4 rings (SSSR count). The number of Topliss-reactive ketones (excluding diaryl/α,β-unsaturated/α-hetero) is 1. The van der Waals surface area contributed by atoms with Gasteiger partial charge in [-0.15, -0.1) is 0 Å². The molecule has 0 radical (unpaired) electrons. The van der Waals surface area contributed by atoms with Gasteiger partial charge in [0.05, 0.1) is 47.6 Å². The van der Waals surface area contributed by atoms with Crippen molar-refractivity contribution < 1.29 is 63.2 Å². The first kappa shape index (κ1) is 45.4. The number of ketones is 1. The Bertz CT molecular complexity index is 1250. The van der Waals surface area contributed by atoms with E-state index < -0.39 is 102 Å². The second kappa shape index (κ2) is 18.1. The quantitative estimate of drug-likeness (QED) is 0.264. The first-order valence-electron chi connectivity index (χ1n) is 20.1. The van der Waals surface area contributed by atoms with Crippen molar-refractivity contribution >= 4 is 11.8 Å². The third-order valence-electron chi connectivity index (χ3n) is 13.2. The van der Waals surface area contributed by atoms with Crippen molar-refractivity contribution in [2.24, 2.45) is 23.7 Å². The van der Waals surface area contributed by atoms with E-state index in [0.29, 0.717) is 6.42 Å². The lowest BCUT2D eigenvalue weighted by Crippen LogP contribution is -2.61. The van der Waals surface area contributed by atoms with Crippen molar-refractivity contribution in [3.8, 4) is 0 Å². The molecular formula is C40H71NO13. The molecule has 4 N–H and O–H groups in total. The zero-order valence-corrected chi connectivity index (χ0v) is 34.7. The molecule has 0 aliphatic carbocycles. The number of cyclic esters (lactones) is 1. The lowest BCUT2D eigenvalue weighted by Gasteiger charge is -2.50. The summed E-state index contributed by atoms with van der Waals surface area (Å²) in [5.41, 5.74) is -4.23. The van der Waals surface area contributed by atoms with Gasteiger partial charge in [0.1, 0.15) is 29.7 Å². The maximum absolute atomic E-state index is 14.2. The smallest absolute Gasteiger partial charge is 0.311 e. The maximum Gasteiger partial charge on any atom is 0.311 e. The second-order valence-electron chi connectivity index (χ2n) is 17.4. The Balaban J connectivity index is 1.84. The Kier molecular flexibility index (Phi) is 15.2. The van der Waals surface area contributed by atoms with Gasteiger partial charge in [0.2, 0.25) is 0 Å². The lowest BCUT2D eigenvalue weighted by molar-refractivity contribution is -0.319. The molecule has 4 saturated heterocycles. The van der Waals surface area contributed by atoms with Crippen LogP contribution in [0.1, 0.15) is 108 Å². The highest BCUT2D eigenvalue weighted by molar-refractivity contribution is 5.83. The highest BCUT2D eigenvalue weighted by atomic mass is 16.7. The van der Waals surface area contributed by atoms with E-state index in [1.54, 1.807) is 41.5 Å². The Morgan fingerprint density at radius 2 is 1.44 bits per heavy atom. The van der Waals surface area contributed by atoms with Crippen LogP contribution in [0.15, 0.2) is 0 Å². The van der Waals surface area contributed by atoms with Crippen molar-refractivity contribution in [3.63, 3.8) is 0 Å². The molecule has 0 amide bonds. The van der Waals surface area contributed by atoms with Crippen LogP contribution in [0.3, 0.4) is 0 Å². The van der Waals surface area contributed by atoms with Gasteiger partial charge >= 0.3 is 5.97 Å². The van der Waals surface area contributed by atoms with Crippen molar-refractivity contribution in [2.75, 3.05) is 27.3 Å². The Morgan fingerprint density at radius 3 is 2.02 bits per heavy atom. The fraction of sp³-hybridized carbons (Fsp3) is 0.950. The van der Waals surface area contributed by atoms with E-state index in [0.717, 1.165) is 25.9 Å². The SMILES string of the molecule is CC[C@H]1OC(=O)[C@H](C)[C@@H](O[C@H]2C[C@@](C)(OC)[C@@H](O)[C@H](C)O2)[C@H](C)[C@@H](O[C@H]2O[C@@H](C)C[C@@H](N3CCCC3)[C@@H]2O)[C@](C)(OC)C[C@@H](C)C(=O)[C@H](C)[C@@H](O)[C@]1(C)O. The van der Waals surface area contributed by atoms with Crippen LogP contribution in [0.4, 0.5) is 0 Å². The van der Waals surface area contributed by atoms with Gasteiger partial charge in [-0.25, -0.2) is 0 Å². The van der Waals surface area contributed by atoms with Crippen molar-refractivity contribution in [1.29, 1.82) is 0 Å². The molecule has 0 unspecified atom stereocenters. The minimum atomic E-state index is -1.96. The normalized spacial score (nSPS) is 49.4. The molecular weight excluding hydrogens is 702 g/mol. The molecule has 0 aromatic rings. The summed E-state index contributed by atoms with van der Waals surface area (Å²) in [6, 6.07) is -0.193. The number of esters is 1. The van der Waals surface area contributed by atoms with Crippen molar-refractivity contribution in [3.05, 3.63) is 0 Å². The summed E-state index contributed by atoms with van der Waals surface area (Å²) in [6.07, 6.45) is -6.39. The first-order valence-corrected chi connectivity index (χ1v) is 20.1. The fourth-order valence-corrected chi connectivity index (χ4v) is 9.51. The number of rotatable bonds is 8. The topological polar surface area (TPSA) is 183 Å². The third-order valence-corrected chi connectivity index (χ3v) is 13.2. The van der Waals surface area contributed by atoms with Gasteiger partial charge < -0.3 is 53.6 Å². The number of likely N-dealkylation sites (tertiary alicyclic amines) is 1. The van der Waals surface area contributed by atoms with E-state index >= 15 is 0 Å². The molecule has 4 aliphatic heterocycles. The Morgan fingerprint density at radius 1 is 0.833 bits per heavy atom. The average molecular weight is 774 g/mol. The van der Waals surface area contributed by atoms with Gasteiger partial charge in [-0.1, -0.05) is 27.7 Å². The van der Waals surface area contributed by atoms with Crippen LogP contribution in [-0.4, -0.2) is 149 Å². The van der Waals surface area contributed by atoms with Crippen LogP contribution in [0, 0.1) is 23.7 Å². The van der Waals surface area contributed by atoms with Gasteiger partial charge in [-0.05, 0) is 86.7 Å². The number of aliphatic hydroxyl groups is 4. The number of carbonyl (C=O) groups is 2. The van der Waals surface area contributed by atoms with Crippen LogP contribution in [0.25, 0.3) is 0 Å². The first-order chi connectivity index (χ1) is 25.1. The van der Waals surface area contributed by atoms with Crippen LogP contribution >= 0.6 is 0 Å². The third kappa shape index (κ3) is 9.36. The van der Waals surface area contributed by atoms with E-state index in [1.165, 1.54) is 21.1 Å². The Labute approximate surface area is 322 Å². The number of carbonyl (C=O) groups excluding carboxylic acids is 2. The van der Waals surface area contributed by atoms with Gasteiger partial charge in [-0.2, -0.15) is 0 Å². The predicted octanol–water partition coefficient (Wildman–Crippen LogP) is 2.97. The van der Waals surface area contributed by atoms with E-state index in [-0.39, 0.29) is 37.2 Å². The van der Waals surface area contributed by atoms with E-state index in [4.69, 9.17) is 33.2 Å². The van der Waals surface area contributed by atoms with Gasteiger partial charge in [0.25, 0.3) is 0 Å². The maximum atomic E-state index is 14.2. The number of aliphatic hydroxyl groups excluding tert-OH is 3. The number of hydrogen-bond acceptors (Lipinski definition) is 14. The number of methoxy groups -OCH3 is 2. The van der Waals surface area contributed by atoms with E-state index in [1.807, 2.05) is 20.8 Å². The zero-order chi connectivity index (χ0) is 40.5. The number of nitrogens with zero attached hydrogens (tertiary/aromatic N) is 1. The zero-order valence-electron chi connectivity index (χ0n) is 34.7. The summed E-state index contributed by atoms with van der Waals surface area (Å²) in [7, 11) is 3.04. The second-order valence-corrected chi connectivity index (χ2v) is 17.4. The molecule has 314 valence electrons. The van der Waals surface area contributed by atoms with Crippen molar-refractivity contribution in [1.82, 2.24) is 4.90 Å². The summed E-state index contributed by atoms with van der Waals surface area (Å²) >= 11 is 0. The Hall–Kier alpha value is -1.30. The minimum Gasteiger partial charge on any atom is -0.459 e. The number of ether oxygens (including phenoxy) is 7. The number of hydrogen-bond donors (Lipinski definition) is 4. The molecule has 0 aromatic heterocycles. The highest BCUT2D eigenvalue weighted by Gasteiger charge is 2.54. The molecule has 54 heavy (non-hydrogen) atoms. The highest BCUT2D eigenvalue weighted by Crippen LogP contribution is 2.42. The molecule has 0 bridgehead atoms. The summed E-state index contributed by atoms with van der Waals surface area (Å²) < 4.78 is 44.3. The standard InChI is InChI=1S/C40H71NO13/c1-13-28-40(10,47)33(44)23(4)30(42)21(2)19-39(9,49-12)35(54-37-31(43)27(18-22(3)50-37)41-16-14-15-17-41)24(5)32(25(6)36(46)52-28)53-29-20-38(8,48-11)34(45)26(7)51-29/h21-29,31-35,37,43-45,47H,13-20H2,1-12H3/t21-,22+,23+,24+,25-,26+,27-,28-,29+,31+,32+,33-,34+,35-,37-,38-,39-,40-/m1/s1. The molecule has 18 atom stereocenters. The summed E-state index contributed by atoms with van der Waals surface area (Å²) in [4.78, 5) is 30.6. The molecule has 0 spiro atoms. The monoisotopic (exact) mass is 773 g/mol. The molecule has 4 heterocycles. The summed E-state index contributed by atoms with van der Waals surface area (Å²) in [5, 5.41) is 46.0. The lowest BCUT2D eigenvalue weighted by atomic mass is 9.74. The van der Waals surface area contributed by atoms with Gasteiger partial charge in [0, 0.05) is 44.4 Å². The van der Waals surface area contributed by atoms with Crippen molar-refractivity contribution in [2.45, 2.75) is 192 Å². The van der Waals surface area contributed by atoms with Gasteiger partial charge in [0.15, 0.2) is 12.6 Å². The minimum absolute atomic E-state index is 0.123. The largest absolute Gasteiger partial charge is 0.459 e. The van der Waals surface area contributed by atoms with Crippen LogP contribution in [0.5, 0.6) is 0 Å². The predicted molar refractivity (Wildman–Crippen MR) is 198 cm³/mol. The molecule has 14 nitrogen and oxygen atoms in total. The average Bonchev–Trinajstić information content (AvgIpc) is 3.68. The van der Waals surface area contributed by atoms with Crippen LogP contribution < -0.4 is 0 Å². The molecule has 14 heteroatoms. The van der Waals surface area contributed by atoms with E-state index in [2.05, 4.69) is 4.90 Å². The fourth-order valence-electron chi connectivity index (χ4n) is 9.51. The molecule has 0 saturated carbocycles. The van der Waals surface area contributed by atoms with Crippen LogP contribution in [0.2, 0.25) is 0 Å². The summed E-state index contributed by atoms with van der Waals surface area (Å²) in [6.45, 7) is 19.0. The molecule has 4 aliphatic rings.